The van der Waals surface area contributed by atoms with E-state index in [4.69, 9.17) is 18.9 Å². The molecule has 1 amide bonds. The Labute approximate surface area is 189 Å². The highest BCUT2D eigenvalue weighted by atomic mass is 16.7. The van der Waals surface area contributed by atoms with Gasteiger partial charge in [-0.1, -0.05) is 12.1 Å². The number of benzene rings is 2. The third kappa shape index (κ3) is 5.26. The first kappa shape index (κ1) is 22.2. The quantitative estimate of drug-likeness (QED) is 0.675. The Hall–Kier alpha value is -2.97. The van der Waals surface area contributed by atoms with Gasteiger partial charge in [-0.25, -0.2) is 0 Å². The van der Waals surface area contributed by atoms with Crippen molar-refractivity contribution < 1.29 is 23.7 Å². The molecule has 4 rings (SSSR count). The Balaban J connectivity index is 1.23. The summed E-state index contributed by atoms with van der Waals surface area (Å²) in [6, 6.07) is 11.7. The van der Waals surface area contributed by atoms with E-state index in [0.29, 0.717) is 6.54 Å². The van der Waals surface area contributed by atoms with Crippen LogP contribution >= 0.6 is 0 Å². The second kappa shape index (κ2) is 10.1. The molecule has 0 radical (unpaired) electrons. The monoisotopic (exact) mass is 441 g/mol. The zero-order valence-electron chi connectivity index (χ0n) is 18.9. The zero-order valence-corrected chi connectivity index (χ0v) is 18.9. The van der Waals surface area contributed by atoms with Crippen molar-refractivity contribution >= 4 is 5.91 Å². The Bertz CT molecular complexity index is 943. The van der Waals surface area contributed by atoms with Crippen LogP contribution in [0.3, 0.4) is 0 Å². The van der Waals surface area contributed by atoms with E-state index in [2.05, 4.69) is 21.2 Å². The number of carbonyl (C=O) groups excluding carboxylic acids is 1. The normalized spacial score (nSPS) is 17.1. The number of fused-ring (bicyclic) bond motifs is 1. The van der Waals surface area contributed by atoms with Crippen LogP contribution in [0.5, 0.6) is 23.0 Å². The molecule has 2 aromatic carbocycles. The number of nitrogens with zero attached hydrogens (tertiary/aromatic N) is 2. The van der Waals surface area contributed by atoms with Crippen molar-refractivity contribution in [3.8, 4) is 23.0 Å². The van der Waals surface area contributed by atoms with Gasteiger partial charge in [0.05, 0.1) is 26.8 Å². The number of carbonyl (C=O) groups is 1. The molecular weight excluding hydrogens is 410 g/mol. The highest BCUT2D eigenvalue weighted by Crippen LogP contribution is 2.34. The molecule has 1 atom stereocenters. The van der Waals surface area contributed by atoms with Gasteiger partial charge in [-0.15, -0.1) is 0 Å². The van der Waals surface area contributed by atoms with Gasteiger partial charge in [0, 0.05) is 32.7 Å². The minimum absolute atomic E-state index is 0.0310. The van der Waals surface area contributed by atoms with Gasteiger partial charge in [-0.05, 0) is 42.3 Å². The van der Waals surface area contributed by atoms with Gasteiger partial charge in [-0.3, -0.25) is 14.6 Å². The molecule has 0 bridgehead atoms. The maximum Gasteiger partial charge on any atom is 0.234 e. The summed E-state index contributed by atoms with van der Waals surface area (Å²) >= 11 is 0. The van der Waals surface area contributed by atoms with Crippen LogP contribution in [0.15, 0.2) is 36.4 Å². The third-order valence-corrected chi connectivity index (χ3v) is 5.96. The highest BCUT2D eigenvalue weighted by molar-refractivity contribution is 5.78. The molecule has 1 fully saturated rings. The minimum atomic E-state index is -0.0941. The maximum atomic E-state index is 12.6. The van der Waals surface area contributed by atoms with Crippen molar-refractivity contribution in [3.63, 3.8) is 0 Å². The lowest BCUT2D eigenvalue weighted by molar-refractivity contribution is -0.123. The zero-order chi connectivity index (χ0) is 22.5. The molecule has 2 aromatic rings. The number of hydrogen-bond donors (Lipinski definition) is 1. The predicted octanol–water partition coefficient (Wildman–Crippen LogP) is 2.43. The molecule has 8 heteroatoms. The molecule has 0 spiro atoms. The second-order valence-electron chi connectivity index (χ2n) is 8.14. The van der Waals surface area contributed by atoms with Gasteiger partial charge >= 0.3 is 0 Å². The molecular formula is C24H31N3O5. The number of methoxy groups -OCH3 is 2. The predicted molar refractivity (Wildman–Crippen MR) is 120 cm³/mol. The van der Waals surface area contributed by atoms with E-state index in [1.54, 1.807) is 14.2 Å². The van der Waals surface area contributed by atoms with Crippen molar-refractivity contribution in [2.24, 2.45) is 0 Å². The summed E-state index contributed by atoms with van der Waals surface area (Å²) < 4.78 is 21.5. The maximum absolute atomic E-state index is 12.6. The summed E-state index contributed by atoms with van der Waals surface area (Å²) in [6.45, 7) is 7.03. The molecule has 0 unspecified atom stereocenters. The summed E-state index contributed by atoms with van der Waals surface area (Å²) in [6.07, 6.45) is 0. The van der Waals surface area contributed by atoms with Gasteiger partial charge in [-0.2, -0.15) is 0 Å². The molecule has 2 aliphatic heterocycles. The van der Waals surface area contributed by atoms with Crippen LogP contribution in [0.4, 0.5) is 0 Å². The molecule has 0 aromatic heterocycles. The molecule has 8 nitrogen and oxygen atoms in total. The van der Waals surface area contributed by atoms with Crippen LogP contribution in [-0.2, 0) is 11.3 Å². The van der Waals surface area contributed by atoms with E-state index in [1.807, 2.05) is 37.3 Å². The van der Waals surface area contributed by atoms with Crippen LogP contribution in [0.2, 0.25) is 0 Å². The van der Waals surface area contributed by atoms with Crippen LogP contribution in [0, 0.1) is 0 Å². The summed E-state index contributed by atoms with van der Waals surface area (Å²) in [5, 5.41) is 3.09. The lowest BCUT2D eigenvalue weighted by Gasteiger charge is -2.34. The topological polar surface area (TPSA) is 72.5 Å². The van der Waals surface area contributed by atoms with Crippen LogP contribution in [0.25, 0.3) is 0 Å². The Morgan fingerprint density at radius 3 is 2.44 bits per heavy atom. The van der Waals surface area contributed by atoms with E-state index in [-0.39, 0.29) is 18.7 Å². The molecule has 2 aliphatic rings. The van der Waals surface area contributed by atoms with E-state index < -0.39 is 0 Å². The van der Waals surface area contributed by atoms with Crippen molar-refractivity contribution in [3.05, 3.63) is 47.5 Å². The highest BCUT2D eigenvalue weighted by Gasteiger charge is 2.21. The average molecular weight is 442 g/mol. The number of rotatable bonds is 8. The molecule has 172 valence electrons. The number of amides is 1. The van der Waals surface area contributed by atoms with Crippen LogP contribution in [-0.4, -0.2) is 69.4 Å². The molecule has 1 N–H and O–H groups in total. The molecule has 0 aliphatic carbocycles. The first-order valence-electron chi connectivity index (χ1n) is 10.9. The van der Waals surface area contributed by atoms with Gasteiger partial charge < -0.3 is 24.3 Å². The molecule has 32 heavy (non-hydrogen) atoms. The van der Waals surface area contributed by atoms with E-state index in [1.165, 1.54) is 5.56 Å². The summed E-state index contributed by atoms with van der Waals surface area (Å²) in [7, 11) is 3.29. The lowest BCUT2D eigenvalue weighted by atomic mass is 10.1. The average Bonchev–Trinajstić information content (AvgIpc) is 3.28. The minimum Gasteiger partial charge on any atom is -0.493 e. The lowest BCUT2D eigenvalue weighted by Crippen LogP contribution is -2.49. The Morgan fingerprint density at radius 2 is 1.69 bits per heavy atom. The first-order chi connectivity index (χ1) is 15.6. The van der Waals surface area contributed by atoms with Crippen molar-refractivity contribution in [1.82, 2.24) is 15.1 Å². The summed E-state index contributed by atoms with van der Waals surface area (Å²) in [5.74, 6) is 3.00. The van der Waals surface area contributed by atoms with Crippen LogP contribution < -0.4 is 24.3 Å². The van der Waals surface area contributed by atoms with Crippen LogP contribution in [0.1, 0.15) is 24.1 Å². The number of hydrogen-bond acceptors (Lipinski definition) is 7. The van der Waals surface area contributed by atoms with Crippen molar-refractivity contribution in [1.29, 1.82) is 0 Å². The second-order valence-corrected chi connectivity index (χ2v) is 8.14. The molecule has 1 saturated heterocycles. The first-order valence-corrected chi connectivity index (χ1v) is 10.9. The number of ether oxygens (including phenoxy) is 4. The van der Waals surface area contributed by atoms with Gasteiger partial charge in [0.25, 0.3) is 0 Å². The fraction of sp³-hybridized carbons (Fsp3) is 0.458. The van der Waals surface area contributed by atoms with Crippen molar-refractivity contribution in [2.45, 2.75) is 19.5 Å². The molecule has 2 heterocycles. The Morgan fingerprint density at radius 1 is 0.969 bits per heavy atom. The SMILES string of the molecule is COc1ccc(CN2CCN(CC(=O)N[C@H](C)c3ccc4c(c3)OCO4)CC2)cc1OC. The smallest absolute Gasteiger partial charge is 0.234 e. The van der Waals surface area contributed by atoms with Gasteiger partial charge in [0.2, 0.25) is 12.7 Å². The summed E-state index contributed by atoms with van der Waals surface area (Å²) in [4.78, 5) is 17.2. The Kier molecular flexibility index (Phi) is 7.02. The standard InChI is InChI=1S/C24H31N3O5/c1-17(19-5-7-21-23(13-19)32-16-31-21)25-24(28)15-27-10-8-26(9-11-27)14-18-4-6-20(29-2)22(12-18)30-3/h4-7,12-13,17H,8-11,14-16H2,1-3H3,(H,25,28)/t17-/m1/s1. The fourth-order valence-electron chi connectivity index (χ4n) is 4.10. The molecule has 0 saturated carbocycles. The number of nitrogens with one attached hydrogen (secondary N) is 1. The van der Waals surface area contributed by atoms with E-state index in [9.17, 15) is 4.79 Å². The number of piperazine rings is 1. The van der Waals surface area contributed by atoms with Gasteiger partial charge in [0.15, 0.2) is 23.0 Å². The third-order valence-electron chi connectivity index (χ3n) is 5.96. The van der Waals surface area contributed by atoms with Gasteiger partial charge in [0.1, 0.15) is 0 Å². The largest absolute Gasteiger partial charge is 0.493 e. The van der Waals surface area contributed by atoms with Crippen molar-refractivity contribution in [2.75, 3.05) is 53.7 Å². The fourth-order valence-corrected chi connectivity index (χ4v) is 4.10. The van der Waals surface area contributed by atoms with E-state index >= 15 is 0 Å². The summed E-state index contributed by atoms with van der Waals surface area (Å²) in [5.41, 5.74) is 2.19. The van der Waals surface area contributed by atoms with E-state index in [0.717, 1.165) is 61.3 Å².